The molecule has 2 rings (SSSR count). The van der Waals surface area contributed by atoms with Crippen LogP contribution < -0.4 is 19.6 Å². The molecule has 0 aliphatic rings. The number of rotatable bonds is 4. The Labute approximate surface area is 167 Å². The van der Waals surface area contributed by atoms with Crippen molar-refractivity contribution in [1.82, 2.24) is 0 Å². The van der Waals surface area contributed by atoms with Crippen molar-refractivity contribution >= 4 is 57.8 Å². The van der Waals surface area contributed by atoms with Crippen molar-refractivity contribution in [2.75, 3.05) is 0 Å². The molecule has 4 nitrogen and oxygen atoms in total. The van der Waals surface area contributed by atoms with Crippen molar-refractivity contribution in [2.45, 2.75) is 9.79 Å². The predicted molar refractivity (Wildman–Crippen MR) is 93.2 cm³/mol. The van der Waals surface area contributed by atoms with Crippen molar-refractivity contribution in [3.8, 4) is 0 Å². The smallest absolute Gasteiger partial charge is 0.824 e. The fourth-order valence-corrected chi connectivity index (χ4v) is 6.12. The minimum absolute atomic E-state index is 0. The molecular formula is C12H10MoO4P2S4. The Morgan fingerprint density at radius 2 is 0.870 bits per heavy atom. The van der Waals surface area contributed by atoms with Crippen LogP contribution >= 0.6 is 34.2 Å². The van der Waals surface area contributed by atoms with Crippen LogP contribution in [0.2, 0.25) is 0 Å². The topological polar surface area (TPSA) is 92.2 Å². The molecular weight excluding hydrogens is 494 g/mol. The molecule has 2 aromatic rings. The van der Waals surface area contributed by atoms with Gasteiger partial charge < -0.3 is 19.6 Å². The Morgan fingerprint density at radius 3 is 1.09 bits per heavy atom. The summed E-state index contributed by atoms with van der Waals surface area (Å²) in [5.74, 6) is 0. The van der Waals surface area contributed by atoms with Crippen LogP contribution in [0.4, 0.5) is 0 Å². The van der Waals surface area contributed by atoms with Gasteiger partial charge in [-0.25, -0.2) is 0 Å². The molecule has 11 heteroatoms. The van der Waals surface area contributed by atoms with Crippen molar-refractivity contribution in [3.63, 3.8) is 0 Å². The van der Waals surface area contributed by atoms with E-state index in [9.17, 15) is 19.6 Å². The summed E-state index contributed by atoms with van der Waals surface area (Å²) in [5, 5.41) is 0. The molecule has 0 unspecified atom stereocenters. The van der Waals surface area contributed by atoms with E-state index in [1.807, 2.05) is 12.1 Å². The van der Waals surface area contributed by atoms with Gasteiger partial charge in [0.25, 0.3) is 0 Å². The Morgan fingerprint density at radius 1 is 0.609 bits per heavy atom. The summed E-state index contributed by atoms with van der Waals surface area (Å²) >= 11 is 9.89. The average Bonchev–Trinajstić information content (AvgIpc) is 2.38. The fraction of sp³-hybridized carbons (Fsp3) is 0. The van der Waals surface area contributed by atoms with Gasteiger partial charge >= 0.3 is 21.1 Å². The Kier molecular flexibility index (Phi) is 12.0. The van der Waals surface area contributed by atoms with E-state index in [-0.39, 0.29) is 21.1 Å². The first kappa shape index (κ1) is 24.0. The van der Waals surface area contributed by atoms with Crippen LogP contribution in [0.3, 0.4) is 0 Å². The first-order chi connectivity index (χ1) is 10.2. The summed E-state index contributed by atoms with van der Waals surface area (Å²) in [7, 11) is 0. The molecule has 23 heavy (non-hydrogen) atoms. The minimum Gasteiger partial charge on any atom is -0.824 e. The zero-order chi connectivity index (χ0) is 16.6. The normalized spacial score (nSPS) is 11.0. The van der Waals surface area contributed by atoms with Gasteiger partial charge in [0, 0.05) is 9.79 Å². The molecule has 0 atom stereocenters. The van der Waals surface area contributed by atoms with E-state index in [4.69, 9.17) is 0 Å². The van der Waals surface area contributed by atoms with E-state index in [0.717, 1.165) is 0 Å². The molecule has 122 valence electrons. The monoisotopic (exact) mass is 506 g/mol. The summed E-state index contributed by atoms with van der Waals surface area (Å²) in [6.45, 7) is 0. The second kappa shape index (κ2) is 11.6. The molecule has 0 spiro atoms. The van der Waals surface area contributed by atoms with Crippen LogP contribution in [0.25, 0.3) is 0 Å². The van der Waals surface area contributed by atoms with Crippen molar-refractivity contribution in [1.29, 1.82) is 0 Å². The third-order valence-electron chi connectivity index (χ3n) is 1.92. The Balaban J connectivity index is 0.000000403. The van der Waals surface area contributed by atoms with Gasteiger partial charge in [-0.15, -0.1) is 46.4 Å². The molecule has 0 N–H and O–H groups in total. The maximum atomic E-state index is 10.6. The molecule has 0 bridgehead atoms. The van der Waals surface area contributed by atoms with E-state index in [1.54, 1.807) is 48.5 Å². The summed E-state index contributed by atoms with van der Waals surface area (Å²) in [6.07, 6.45) is 0. The van der Waals surface area contributed by atoms with E-state index in [2.05, 4.69) is 23.6 Å². The molecule has 2 aromatic carbocycles. The number of hydrogen-bond donors (Lipinski definition) is 0. The largest absolute Gasteiger partial charge is 4.00 e. The van der Waals surface area contributed by atoms with Crippen molar-refractivity contribution in [2.24, 2.45) is 0 Å². The van der Waals surface area contributed by atoms with Crippen molar-refractivity contribution < 1.29 is 40.6 Å². The first-order valence-corrected chi connectivity index (χ1v) is 13.8. The fourth-order valence-electron chi connectivity index (χ4n) is 1.22. The molecule has 0 aromatic heterocycles. The SMILES string of the molecule is [Mo+4].[O-]P([O-])(=S)Sc1ccccc1.[O-]P([O-])(=S)Sc1ccccc1. The van der Waals surface area contributed by atoms with Gasteiger partial charge in [0.15, 0.2) is 0 Å². The average molecular weight is 504 g/mol. The Bertz CT molecular complexity index is 604. The second-order valence-corrected chi connectivity index (χ2v) is 15.1. The maximum absolute atomic E-state index is 10.6. The van der Waals surface area contributed by atoms with Crippen LogP contribution in [0.5, 0.6) is 0 Å². The van der Waals surface area contributed by atoms with E-state index in [1.165, 1.54) is 0 Å². The quantitative estimate of drug-likeness (QED) is 0.457. The molecule has 0 heterocycles. The maximum Gasteiger partial charge on any atom is 4.00 e. The Hall–Kier alpha value is 0.968. The number of benzene rings is 2. The third-order valence-corrected chi connectivity index (χ3v) is 7.28. The van der Waals surface area contributed by atoms with Crippen LogP contribution in [-0.4, -0.2) is 0 Å². The van der Waals surface area contributed by atoms with Crippen LogP contribution in [0, 0.1) is 0 Å². The van der Waals surface area contributed by atoms with Crippen LogP contribution in [0.15, 0.2) is 70.5 Å². The standard InChI is InChI=1S/2C6H7O2PS2.Mo/c2*7-9(8,10)11-6-4-2-1-3-5-6;/h2*1-5H,(H2,7,8,10);/q;;+4/p-4. The van der Waals surface area contributed by atoms with Crippen LogP contribution in [0.1, 0.15) is 0 Å². The zero-order valence-corrected chi connectivity index (χ0v) is 18.4. The van der Waals surface area contributed by atoms with E-state index >= 15 is 0 Å². The predicted octanol–water partition coefficient (Wildman–Crippen LogP) is 1.45. The minimum atomic E-state index is -3.64. The summed E-state index contributed by atoms with van der Waals surface area (Å²) < 4.78 is 0. The number of hydrogen-bond acceptors (Lipinski definition) is 8. The molecule has 0 radical (unpaired) electrons. The molecule has 0 fully saturated rings. The summed E-state index contributed by atoms with van der Waals surface area (Å²) in [6, 6.07) is 17.6. The molecule has 0 saturated heterocycles. The van der Waals surface area contributed by atoms with Gasteiger partial charge in [-0.05, 0) is 24.3 Å². The summed E-state index contributed by atoms with van der Waals surface area (Å²) in [5.41, 5.74) is -7.28. The molecule has 0 aliphatic carbocycles. The van der Waals surface area contributed by atoms with Crippen molar-refractivity contribution in [3.05, 3.63) is 60.7 Å². The third kappa shape index (κ3) is 13.9. The van der Waals surface area contributed by atoms with Gasteiger partial charge in [-0.3, -0.25) is 0 Å². The molecule has 0 amide bonds. The zero-order valence-electron chi connectivity index (χ0n) is 11.3. The molecule has 0 saturated carbocycles. The van der Waals surface area contributed by atoms with Gasteiger partial charge in [-0.1, -0.05) is 36.4 Å². The van der Waals surface area contributed by atoms with E-state index in [0.29, 0.717) is 32.6 Å². The van der Waals surface area contributed by atoms with Gasteiger partial charge in [-0.2, -0.15) is 11.4 Å². The van der Waals surface area contributed by atoms with Gasteiger partial charge in [0.05, 0.1) is 0 Å². The van der Waals surface area contributed by atoms with E-state index < -0.39 is 11.4 Å². The summed E-state index contributed by atoms with van der Waals surface area (Å²) in [4.78, 5) is 43.8. The molecule has 0 aliphatic heterocycles. The van der Waals surface area contributed by atoms with Gasteiger partial charge in [0.2, 0.25) is 0 Å². The first-order valence-electron chi connectivity index (χ1n) is 5.69. The second-order valence-electron chi connectivity index (χ2n) is 3.70. The van der Waals surface area contributed by atoms with Gasteiger partial charge in [0.1, 0.15) is 0 Å². The van der Waals surface area contributed by atoms with Crippen LogP contribution in [-0.2, 0) is 44.7 Å².